The fourth-order valence-corrected chi connectivity index (χ4v) is 3.17. The number of methoxy groups -OCH3 is 1. The second-order valence-corrected chi connectivity index (χ2v) is 7.05. The number of carbonyl (C=O) groups is 2. The molecule has 2 rings (SSSR count). The minimum atomic E-state index is -0.600. The Morgan fingerprint density at radius 3 is 2.30 bits per heavy atom. The Kier molecular flexibility index (Phi) is 4.25. The normalized spacial score (nSPS) is 29.3. The first-order chi connectivity index (χ1) is 9.28. The van der Waals surface area contributed by atoms with Crippen LogP contribution >= 0.6 is 0 Å². The fraction of sp³-hybridized carbons (Fsp3) is 0.867. The molecule has 0 radical (unpaired) electrons. The van der Waals surface area contributed by atoms with Crippen molar-refractivity contribution >= 4 is 12.1 Å². The van der Waals surface area contributed by atoms with Crippen LogP contribution in [0, 0.1) is 17.8 Å². The van der Waals surface area contributed by atoms with Gasteiger partial charge in [0.15, 0.2) is 0 Å². The van der Waals surface area contributed by atoms with Gasteiger partial charge in [0.25, 0.3) is 0 Å². The summed E-state index contributed by atoms with van der Waals surface area (Å²) in [6.07, 6.45) is 3.79. The van der Waals surface area contributed by atoms with E-state index in [9.17, 15) is 9.59 Å². The van der Waals surface area contributed by atoms with E-state index in [1.807, 2.05) is 0 Å². The van der Waals surface area contributed by atoms with E-state index in [1.165, 1.54) is 26.4 Å². The lowest BCUT2D eigenvalue weighted by atomic mass is 9.95. The Morgan fingerprint density at radius 2 is 1.80 bits per heavy atom. The van der Waals surface area contributed by atoms with Crippen LogP contribution in [0.5, 0.6) is 0 Å². The smallest absolute Gasteiger partial charge is 0.408 e. The Labute approximate surface area is 120 Å². The number of fused-ring (bicyclic) bond motifs is 1. The summed E-state index contributed by atoms with van der Waals surface area (Å²) in [5.74, 6) is 1.84. The molecule has 2 aliphatic carbocycles. The first kappa shape index (κ1) is 15.1. The van der Waals surface area contributed by atoms with Crippen molar-refractivity contribution in [2.45, 2.75) is 58.1 Å². The van der Waals surface area contributed by atoms with E-state index >= 15 is 0 Å². The first-order valence-electron chi connectivity index (χ1n) is 7.36. The number of carbonyl (C=O) groups excluding carboxylic acids is 2. The third kappa shape index (κ3) is 4.12. The summed E-state index contributed by atoms with van der Waals surface area (Å²) >= 11 is 0. The Balaban J connectivity index is 1.86. The molecule has 5 nitrogen and oxygen atoms in total. The zero-order chi connectivity index (χ0) is 14.9. The van der Waals surface area contributed by atoms with Gasteiger partial charge in [0.2, 0.25) is 0 Å². The molecule has 0 aliphatic heterocycles. The molecule has 1 amide bonds. The van der Waals surface area contributed by atoms with Crippen molar-refractivity contribution in [3.05, 3.63) is 0 Å². The van der Waals surface area contributed by atoms with Crippen molar-refractivity contribution in [3.63, 3.8) is 0 Å². The maximum absolute atomic E-state index is 11.8. The van der Waals surface area contributed by atoms with Crippen LogP contribution in [0.1, 0.15) is 46.5 Å². The standard InChI is InChI=1S/C15H25NO4/c1-15(2,3)20-14(18)16-12(13(17)19-4)7-9-5-10-8-11(10)6-9/h9-12H,5-8H2,1-4H3,(H,16,18)/t9-,10-,11+,12-/m0/s1. The molecule has 0 spiro atoms. The molecule has 2 saturated carbocycles. The third-order valence-electron chi connectivity index (χ3n) is 4.09. The third-order valence-corrected chi connectivity index (χ3v) is 4.09. The minimum absolute atomic E-state index is 0.392. The zero-order valence-corrected chi connectivity index (χ0v) is 12.8. The van der Waals surface area contributed by atoms with E-state index in [2.05, 4.69) is 5.32 Å². The molecule has 20 heavy (non-hydrogen) atoms. The SMILES string of the molecule is COC(=O)[C@H](C[C@@H]1C[C@@H]2C[C@@H]2C1)NC(=O)OC(C)(C)C. The largest absolute Gasteiger partial charge is 0.467 e. The molecule has 114 valence electrons. The van der Waals surface area contributed by atoms with Gasteiger partial charge in [0.05, 0.1) is 7.11 Å². The Bertz CT molecular complexity index is 378. The van der Waals surface area contributed by atoms with Crippen molar-refractivity contribution in [2.24, 2.45) is 17.8 Å². The lowest BCUT2D eigenvalue weighted by molar-refractivity contribution is -0.143. The van der Waals surface area contributed by atoms with Crippen LogP contribution in [0.3, 0.4) is 0 Å². The molecule has 0 bridgehead atoms. The summed E-state index contributed by atoms with van der Waals surface area (Å²) < 4.78 is 9.98. The predicted molar refractivity (Wildman–Crippen MR) is 74.1 cm³/mol. The molecular formula is C15H25NO4. The Morgan fingerprint density at radius 1 is 1.20 bits per heavy atom. The van der Waals surface area contributed by atoms with Gasteiger partial charge in [-0.1, -0.05) is 0 Å². The monoisotopic (exact) mass is 283 g/mol. The minimum Gasteiger partial charge on any atom is -0.467 e. The summed E-state index contributed by atoms with van der Waals surface area (Å²) in [7, 11) is 1.35. The zero-order valence-electron chi connectivity index (χ0n) is 12.8. The van der Waals surface area contributed by atoms with Gasteiger partial charge in [-0.2, -0.15) is 0 Å². The molecule has 0 saturated heterocycles. The van der Waals surface area contributed by atoms with Gasteiger partial charge in [0, 0.05) is 0 Å². The number of nitrogens with one attached hydrogen (secondary N) is 1. The van der Waals surface area contributed by atoms with Crippen LogP contribution in [0.15, 0.2) is 0 Å². The second-order valence-electron chi connectivity index (χ2n) is 7.05. The highest BCUT2D eigenvalue weighted by Gasteiger charge is 2.46. The summed E-state index contributed by atoms with van der Waals surface area (Å²) in [5, 5.41) is 2.65. The number of rotatable bonds is 4. The van der Waals surface area contributed by atoms with E-state index in [0.717, 1.165) is 11.8 Å². The van der Waals surface area contributed by atoms with E-state index < -0.39 is 23.7 Å². The lowest BCUT2D eigenvalue weighted by Crippen LogP contribution is -2.44. The van der Waals surface area contributed by atoms with Gasteiger partial charge < -0.3 is 14.8 Å². The quantitative estimate of drug-likeness (QED) is 0.805. The Hall–Kier alpha value is -1.26. The van der Waals surface area contributed by atoms with Crippen molar-refractivity contribution in [1.29, 1.82) is 0 Å². The van der Waals surface area contributed by atoms with Crippen LogP contribution < -0.4 is 5.32 Å². The maximum atomic E-state index is 11.8. The molecule has 4 atom stereocenters. The number of esters is 1. The van der Waals surface area contributed by atoms with Crippen LogP contribution in [-0.4, -0.2) is 30.8 Å². The average Bonchev–Trinajstić information content (AvgIpc) is 2.92. The summed E-state index contributed by atoms with van der Waals surface area (Å²) in [4.78, 5) is 23.6. The average molecular weight is 283 g/mol. The number of alkyl carbamates (subject to hydrolysis) is 1. The predicted octanol–water partition coefficient (Wildman–Crippen LogP) is 2.49. The molecule has 0 aromatic rings. The molecular weight excluding hydrogens is 258 g/mol. The van der Waals surface area contributed by atoms with Crippen molar-refractivity contribution in [2.75, 3.05) is 7.11 Å². The number of ether oxygens (including phenoxy) is 2. The molecule has 2 aliphatic rings. The van der Waals surface area contributed by atoms with Crippen LogP contribution in [-0.2, 0) is 14.3 Å². The highest BCUT2D eigenvalue weighted by molar-refractivity contribution is 5.81. The number of hydrogen-bond acceptors (Lipinski definition) is 4. The van der Waals surface area contributed by atoms with Crippen LogP contribution in [0.4, 0.5) is 4.79 Å². The van der Waals surface area contributed by atoms with Crippen molar-refractivity contribution in [3.8, 4) is 0 Å². The van der Waals surface area contributed by atoms with Gasteiger partial charge in [-0.05, 0) is 64.2 Å². The topological polar surface area (TPSA) is 64.6 Å². The van der Waals surface area contributed by atoms with Crippen LogP contribution in [0.25, 0.3) is 0 Å². The molecule has 1 N–H and O–H groups in total. The van der Waals surface area contributed by atoms with Gasteiger partial charge in [-0.25, -0.2) is 9.59 Å². The second kappa shape index (κ2) is 5.62. The highest BCUT2D eigenvalue weighted by atomic mass is 16.6. The van der Waals surface area contributed by atoms with Crippen LogP contribution in [0.2, 0.25) is 0 Å². The van der Waals surface area contributed by atoms with E-state index in [4.69, 9.17) is 9.47 Å². The van der Waals surface area contributed by atoms with E-state index in [-0.39, 0.29) is 0 Å². The summed E-state index contributed by atoms with van der Waals surface area (Å²) in [5.41, 5.74) is -0.570. The van der Waals surface area contributed by atoms with E-state index in [1.54, 1.807) is 20.8 Å². The summed E-state index contributed by atoms with van der Waals surface area (Å²) in [6, 6.07) is -0.600. The first-order valence-corrected chi connectivity index (χ1v) is 7.36. The molecule has 2 fully saturated rings. The fourth-order valence-electron chi connectivity index (χ4n) is 3.17. The maximum Gasteiger partial charge on any atom is 0.408 e. The number of hydrogen-bond donors (Lipinski definition) is 1. The molecule has 0 aromatic carbocycles. The summed E-state index contributed by atoms with van der Waals surface area (Å²) in [6.45, 7) is 5.39. The number of amides is 1. The van der Waals surface area contributed by atoms with Crippen molar-refractivity contribution in [1.82, 2.24) is 5.32 Å². The molecule has 0 heterocycles. The van der Waals surface area contributed by atoms with Gasteiger partial charge in [-0.3, -0.25) is 0 Å². The van der Waals surface area contributed by atoms with Gasteiger partial charge in [-0.15, -0.1) is 0 Å². The van der Waals surface area contributed by atoms with Gasteiger partial charge >= 0.3 is 12.1 Å². The molecule has 0 unspecified atom stereocenters. The van der Waals surface area contributed by atoms with Gasteiger partial charge in [0.1, 0.15) is 11.6 Å². The molecule has 0 aromatic heterocycles. The van der Waals surface area contributed by atoms with Crippen molar-refractivity contribution < 1.29 is 19.1 Å². The lowest BCUT2D eigenvalue weighted by Gasteiger charge is -2.24. The van der Waals surface area contributed by atoms with E-state index in [0.29, 0.717) is 12.3 Å². The highest BCUT2D eigenvalue weighted by Crippen LogP contribution is 2.55. The molecule has 5 heteroatoms.